The van der Waals surface area contributed by atoms with E-state index in [4.69, 9.17) is 9.47 Å². The summed E-state index contributed by atoms with van der Waals surface area (Å²) in [5.41, 5.74) is 3.23. The lowest BCUT2D eigenvalue weighted by Crippen LogP contribution is -2.31. The molecule has 2 aromatic rings. The molecule has 0 fully saturated rings. The minimum atomic E-state index is -0.533. The lowest BCUT2D eigenvalue weighted by molar-refractivity contribution is -0.132. The quantitative estimate of drug-likeness (QED) is 0.749. The highest BCUT2D eigenvalue weighted by Gasteiger charge is 2.22. The fraction of sp³-hybridized carbons (Fsp3) is 0.318. The molecule has 0 saturated carbocycles. The van der Waals surface area contributed by atoms with Crippen LogP contribution in [0.15, 0.2) is 47.6 Å². The molecule has 0 atom stereocenters. The van der Waals surface area contributed by atoms with Gasteiger partial charge in [-0.1, -0.05) is 12.1 Å². The van der Waals surface area contributed by atoms with Gasteiger partial charge in [-0.3, -0.25) is 10.1 Å². The molecule has 1 heterocycles. The fourth-order valence-corrected chi connectivity index (χ4v) is 3.09. The largest absolute Gasteiger partial charge is 0.493 e. The minimum absolute atomic E-state index is 0.0333. The van der Waals surface area contributed by atoms with Gasteiger partial charge < -0.3 is 14.2 Å². The van der Waals surface area contributed by atoms with Gasteiger partial charge in [-0.05, 0) is 42.8 Å². The Balaban J connectivity index is 1.77. The summed E-state index contributed by atoms with van der Waals surface area (Å²) < 4.78 is 15.6. The van der Waals surface area contributed by atoms with Crippen molar-refractivity contribution in [3.8, 4) is 11.5 Å². The van der Waals surface area contributed by atoms with Crippen molar-refractivity contribution >= 4 is 23.4 Å². The SMILES string of the molecule is CCOc1cc(C2=NN(Cc3ccc(NC(=O)OC)cc3)C(=O)CC2)ccc1OC. The summed E-state index contributed by atoms with van der Waals surface area (Å²) >= 11 is 0. The van der Waals surface area contributed by atoms with E-state index in [0.717, 1.165) is 16.8 Å². The van der Waals surface area contributed by atoms with Crippen LogP contribution in [0, 0.1) is 0 Å². The Morgan fingerprint density at radius 3 is 2.53 bits per heavy atom. The zero-order valence-corrected chi connectivity index (χ0v) is 17.3. The Bertz CT molecular complexity index is 940. The predicted molar refractivity (Wildman–Crippen MR) is 113 cm³/mol. The number of hydrazone groups is 1. The third-order valence-corrected chi connectivity index (χ3v) is 4.62. The van der Waals surface area contributed by atoms with Gasteiger partial charge >= 0.3 is 6.09 Å². The molecule has 2 amide bonds. The average Bonchev–Trinajstić information content (AvgIpc) is 2.76. The summed E-state index contributed by atoms with van der Waals surface area (Å²) in [7, 11) is 2.91. The van der Waals surface area contributed by atoms with Gasteiger partial charge in [0.05, 0.1) is 33.1 Å². The Morgan fingerprint density at radius 1 is 1.10 bits per heavy atom. The molecule has 0 aromatic heterocycles. The number of nitrogens with one attached hydrogen (secondary N) is 1. The molecule has 1 aliphatic heterocycles. The second-order valence-corrected chi connectivity index (χ2v) is 6.61. The Kier molecular flexibility index (Phi) is 6.90. The first kappa shape index (κ1) is 21.2. The number of ether oxygens (including phenoxy) is 3. The monoisotopic (exact) mass is 411 g/mol. The number of benzene rings is 2. The standard InChI is InChI=1S/C22H25N3O5/c1-4-30-20-13-16(7-11-19(20)28-2)18-10-12-21(26)25(24-18)14-15-5-8-17(9-6-15)23-22(27)29-3/h5-9,11,13H,4,10,12,14H2,1-3H3,(H,23,27). The number of rotatable bonds is 7. The van der Waals surface area contributed by atoms with E-state index in [9.17, 15) is 9.59 Å². The third-order valence-electron chi connectivity index (χ3n) is 4.62. The highest BCUT2D eigenvalue weighted by molar-refractivity contribution is 6.04. The van der Waals surface area contributed by atoms with E-state index in [0.29, 0.717) is 43.2 Å². The fourth-order valence-electron chi connectivity index (χ4n) is 3.09. The highest BCUT2D eigenvalue weighted by Crippen LogP contribution is 2.30. The number of hydrogen-bond acceptors (Lipinski definition) is 6. The number of methoxy groups -OCH3 is 2. The van der Waals surface area contributed by atoms with Crippen LogP contribution in [-0.4, -0.2) is 43.5 Å². The number of amides is 2. The van der Waals surface area contributed by atoms with Crippen molar-refractivity contribution < 1.29 is 23.8 Å². The zero-order valence-electron chi connectivity index (χ0n) is 17.3. The van der Waals surface area contributed by atoms with E-state index in [1.54, 1.807) is 19.2 Å². The average molecular weight is 411 g/mol. The summed E-state index contributed by atoms with van der Waals surface area (Å²) in [4.78, 5) is 23.7. The summed E-state index contributed by atoms with van der Waals surface area (Å²) in [6.45, 7) is 2.78. The maximum Gasteiger partial charge on any atom is 0.411 e. The second kappa shape index (κ2) is 9.78. The van der Waals surface area contributed by atoms with Crippen molar-refractivity contribution in [3.63, 3.8) is 0 Å². The van der Waals surface area contributed by atoms with Crippen molar-refractivity contribution in [2.24, 2.45) is 5.10 Å². The topological polar surface area (TPSA) is 89.5 Å². The van der Waals surface area contributed by atoms with Crippen LogP contribution in [0.2, 0.25) is 0 Å². The maximum absolute atomic E-state index is 12.4. The van der Waals surface area contributed by atoms with Gasteiger partial charge in [0.15, 0.2) is 11.5 Å². The molecule has 30 heavy (non-hydrogen) atoms. The highest BCUT2D eigenvalue weighted by atomic mass is 16.5. The van der Waals surface area contributed by atoms with Gasteiger partial charge in [0.2, 0.25) is 5.91 Å². The maximum atomic E-state index is 12.4. The lowest BCUT2D eigenvalue weighted by Gasteiger charge is -2.24. The number of carbonyl (C=O) groups is 2. The summed E-state index contributed by atoms with van der Waals surface area (Å²) in [6.07, 6.45) is 0.417. The molecule has 8 heteroatoms. The summed E-state index contributed by atoms with van der Waals surface area (Å²) in [6, 6.07) is 12.8. The van der Waals surface area contributed by atoms with E-state index < -0.39 is 6.09 Å². The Labute approximate surface area is 175 Å². The number of carbonyl (C=O) groups excluding carboxylic acids is 2. The van der Waals surface area contributed by atoms with Crippen molar-refractivity contribution in [3.05, 3.63) is 53.6 Å². The molecule has 0 aliphatic carbocycles. The van der Waals surface area contributed by atoms with E-state index in [2.05, 4.69) is 15.2 Å². The predicted octanol–water partition coefficient (Wildman–Crippen LogP) is 3.80. The van der Waals surface area contributed by atoms with Gasteiger partial charge in [-0.15, -0.1) is 0 Å². The van der Waals surface area contributed by atoms with Crippen LogP contribution in [0.5, 0.6) is 11.5 Å². The molecule has 0 unspecified atom stereocenters. The Morgan fingerprint density at radius 2 is 1.87 bits per heavy atom. The van der Waals surface area contributed by atoms with E-state index >= 15 is 0 Å². The van der Waals surface area contributed by atoms with Crippen molar-refractivity contribution in [1.82, 2.24) is 5.01 Å². The van der Waals surface area contributed by atoms with Gasteiger partial charge in [-0.2, -0.15) is 5.10 Å². The first-order valence-electron chi connectivity index (χ1n) is 9.67. The molecular weight excluding hydrogens is 386 g/mol. The molecule has 1 aliphatic rings. The van der Waals surface area contributed by atoms with Crippen LogP contribution < -0.4 is 14.8 Å². The van der Waals surface area contributed by atoms with Crippen LogP contribution in [-0.2, 0) is 16.1 Å². The number of anilines is 1. The van der Waals surface area contributed by atoms with Crippen LogP contribution in [0.4, 0.5) is 10.5 Å². The molecule has 0 bridgehead atoms. The summed E-state index contributed by atoms with van der Waals surface area (Å²) in [5, 5.41) is 8.66. The molecule has 0 radical (unpaired) electrons. The van der Waals surface area contributed by atoms with Crippen molar-refractivity contribution in [1.29, 1.82) is 0 Å². The zero-order chi connectivity index (χ0) is 21.5. The molecule has 1 N–H and O–H groups in total. The van der Waals surface area contributed by atoms with Crippen LogP contribution >= 0.6 is 0 Å². The van der Waals surface area contributed by atoms with Crippen molar-refractivity contribution in [2.75, 3.05) is 26.1 Å². The van der Waals surface area contributed by atoms with Gasteiger partial charge in [0, 0.05) is 24.1 Å². The number of nitrogens with zero attached hydrogens (tertiary/aromatic N) is 2. The van der Waals surface area contributed by atoms with Crippen LogP contribution in [0.3, 0.4) is 0 Å². The van der Waals surface area contributed by atoms with Gasteiger partial charge in [0.25, 0.3) is 0 Å². The molecule has 0 spiro atoms. The van der Waals surface area contributed by atoms with Crippen molar-refractivity contribution in [2.45, 2.75) is 26.3 Å². The molecule has 158 valence electrons. The molecule has 3 rings (SSSR count). The first-order chi connectivity index (χ1) is 14.5. The van der Waals surface area contributed by atoms with Crippen LogP contribution in [0.25, 0.3) is 0 Å². The Hall–Kier alpha value is -3.55. The van der Waals surface area contributed by atoms with Crippen LogP contribution in [0.1, 0.15) is 30.9 Å². The smallest absolute Gasteiger partial charge is 0.411 e. The normalized spacial score (nSPS) is 13.5. The lowest BCUT2D eigenvalue weighted by atomic mass is 10.0. The van der Waals surface area contributed by atoms with Gasteiger partial charge in [-0.25, -0.2) is 9.80 Å². The third kappa shape index (κ3) is 5.08. The van der Waals surface area contributed by atoms with E-state index in [1.807, 2.05) is 37.3 Å². The van der Waals surface area contributed by atoms with E-state index in [1.165, 1.54) is 12.1 Å². The second-order valence-electron chi connectivity index (χ2n) is 6.61. The molecule has 2 aromatic carbocycles. The van der Waals surface area contributed by atoms with E-state index in [-0.39, 0.29) is 5.91 Å². The molecule has 8 nitrogen and oxygen atoms in total. The minimum Gasteiger partial charge on any atom is -0.493 e. The van der Waals surface area contributed by atoms with Gasteiger partial charge in [0.1, 0.15) is 0 Å². The first-order valence-corrected chi connectivity index (χ1v) is 9.67. The molecule has 0 saturated heterocycles. The molecular formula is C22H25N3O5. The number of hydrogen-bond donors (Lipinski definition) is 1. The summed E-state index contributed by atoms with van der Waals surface area (Å²) in [5.74, 6) is 1.27.